The summed E-state index contributed by atoms with van der Waals surface area (Å²) in [4.78, 5) is 12.3. The van der Waals surface area contributed by atoms with Crippen LogP contribution in [0.15, 0.2) is 59.0 Å². The number of amides is 1. The van der Waals surface area contributed by atoms with Gasteiger partial charge in [0.1, 0.15) is 11.5 Å². The van der Waals surface area contributed by atoms with Crippen LogP contribution in [0.5, 0.6) is 5.75 Å². The van der Waals surface area contributed by atoms with Crippen LogP contribution in [-0.2, 0) is 0 Å². The second-order valence-electron chi connectivity index (χ2n) is 4.98. The number of nitrogens with one attached hydrogen (secondary N) is 1. The van der Waals surface area contributed by atoms with Gasteiger partial charge in [-0.3, -0.25) is 4.79 Å². The van der Waals surface area contributed by atoms with Gasteiger partial charge in [0, 0.05) is 16.3 Å². The minimum absolute atomic E-state index is 0.192. The summed E-state index contributed by atoms with van der Waals surface area (Å²) in [6.45, 7) is 0. The first-order chi connectivity index (χ1) is 11.6. The Morgan fingerprint density at radius 2 is 1.92 bits per heavy atom. The van der Waals surface area contributed by atoms with Gasteiger partial charge in [0.05, 0.1) is 12.1 Å². The number of hydrogen-bond acceptors (Lipinski definition) is 3. The SMILES string of the molecule is COc1ccc(NC(=O)c2ccc(-c3cccc(Cl)c3)o2)cc1Cl. The Balaban J connectivity index is 1.78. The summed E-state index contributed by atoms with van der Waals surface area (Å²) in [5.74, 6) is 0.924. The van der Waals surface area contributed by atoms with E-state index in [4.69, 9.17) is 32.4 Å². The number of ether oxygens (including phenoxy) is 1. The molecule has 1 amide bonds. The van der Waals surface area contributed by atoms with E-state index in [-0.39, 0.29) is 11.7 Å². The molecule has 24 heavy (non-hydrogen) atoms. The quantitative estimate of drug-likeness (QED) is 0.665. The highest BCUT2D eigenvalue weighted by Gasteiger charge is 2.13. The second kappa shape index (κ2) is 6.99. The molecule has 3 rings (SSSR count). The molecule has 0 bridgehead atoms. The lowest BCUT2D eigenvalue weighted by Gasteiger charge is -2.07. The lowest BCUT2D eigenvalue weighted by Crippen LogP contribution is -2.10. The third-order valence-electron chi connectivity index (χ3n) is 3.35. The van der Waals surface area contributed by atoms with Gasteiger partial charge in [-0.05, 0) is 42.5 Å². The van der Waals surface area contributed by atoms with Gasteiger partial charge < -0.3 is 14.5 Å². The lowest BCUT2D eigenvalue weighted by molar-refractivity contribution is 0.0997. The fourth-order valence-corrected chi connectivity index (χ4v) is 2.64. The number of hydrogen-bond donors (Lipinski definition) is 1. The van der Waals surface area contributed by atoms with Crippen LogP contribution in [0.1, 0.15) is 10.6 Å². The van der Waals surface area contributed by atoms with Crippen molar-refractivity contribution in [2.24, 2.45) is 0 Å². The second-order valence-corrected chi connectivity index (χ2v) is 5.82. The summed E-state index contributed by atoms with van der Waals surface area (Å²) in [7, 11) is 1.53. The van der Waals surface area contributed by atoms with E-state index in [2.05, 4.69) is 5.32 Å². The van der Waals surface area contributed by atoms with Gasteiger partial charge in [-0.25, -0.2) is 0 Å². The van der Waals surface area contributed by atoms with Gasteiger partial charge in [-0.15, -0.1) is 0 Å². The van der Waals surface area contributed by atoms with Crippen molar-refractivity contribution in [3.8, 4) is 17.1 Å². The number of halogens is 2. The van der Waals surface area contributed by atoms with Crippen LogP contribution in [0.2, 0.25) is 10.0 Å². The number of anilines is 1. The minimum Gasteiger partial charge on any atom is -0.495 e. The number of furan rings is 1. The van der Waals surface area contributed by atoms with Crippen molar-refractivity contribution in [3.63, 3.8) is 0 Å². The third-order valence-corrected chi connectivity index (χ3v) is 3.88. The van der Waals surface area contributed by atoms with Crippen molar-refractivity contribution in [2.75, 3.05) is 12.4 Å². The van der Waals surface area contributed by atoms with Crippen LogP contribution in [0, 0.1) is 0 Å². The standard InChI is InChI=1S/C18H13Cl2NO3/c1-23-16-6-5-13(10-14(16)20)21-18(22)17-8-7-15(24-17)11-3-2-4-12(19)9-11/h2-10H,1H3,(H,21,22). The van der Waals surface area contributed by atoms with Gasteiger partial charge >= 0.3 is 0 Å². The summed E-state index contributed by atoms with van der Waals surface area (Å²) in [5, 5.41) is 3.74. The Hall–Kier alpha value is -2.43. The van der Waals surface area contributed by atoms with E-state index in [9.17, 15) is 4.79 Å². The predicted octanol–water partition coefficient (Wildman–Crippen LogP) is 5.51. The highest BCUT2D eigenvalue weighted by molar-refractivity contribution is 6.32. The highest BCUT2D eigenvalue weighted by Crippen LogP contribution is 2.28. The Labute approximate surface area is 149 Å². The van der Waals surface area contributed by atoms with Crippen LogP contribution in [0.4, 0.5) is 5.69 Å². The first kappa shape index (κ1) is 16.4. The molecule has 0 fully saturated rings. The first-order valence-electron chi connectivity index (χ1n) is 7.07. The predicted molar refractivity (Wildman–Crippen MR) is 95.1 cm³/mol. The number of benzene rings is 2. The molecule has 0 atom stereocenters. The van der Waals surface area contributed by atoms with Crippen molar-refractivity contribution in [2.45, 2.75) is 0 Å². The molecule has 2 aromatic carbocycles. The maximum Gasteiger partial charge on any atom is 0.291 e. The molecule has 6 heteroatoms. The zero-order valence-corrected chi connectivity index (χ0v) is 14.2. The molecule has 0 spiro atoms. The molecule has 0 aliphatic rings. The van der Waals surface area contributed by atoms with Gasteiger partial charge in [0.25, 0.3) is 5.91 Å². The highest BCUT2D eigenvalue weighted by atomic mass is 35.5. The molecular formula is C18H13Cl2NO3. The van der Waals surface area contributed by atoms with Gasteiger partial charge in [-0.2, -0.15) is 0 Å². The van der Waals surface area contributed by atoms with Crippen molar-refractivity contribution in [3.05, 3.63) is 70.4 Å². The Morgan fingerprint density at radius 3 is 2.62 bits per heavy atom. The summed E-state index contributed by atoms with van der Waals surface area (Å²) >= 11 is 12.0. The van der Waals surface area contributed by atoms with E-state index in [0.717, 1.165) is 5.56 Å². The molecular weight excluding hydrogens is 349 g/mol. The molecule has 122 valence electrons. The Kier molecular flexibility index (Phi) is 4.79. The normalized spacial score (nSPS) is 10.5. The number of methoxy groups -OCH3 is 1. The number of rotatable bonds is 4. The topological polar surface area (TPSA) is 51.5 Å². The smallest absolute Gasteiger partial charge is 0.291 e. The molecule has 1 aromatic heterocycles. The van der Waals surface area contributed by atoms with Gasteiger partial charge in [0.2, 0.25) is 0 Å². The van der Waals surface area contributed by atoms with Gasteiger partial charge in [0.15, 0.2) is 5.76 Å². The monoisotopic (exact) mass is 361 g/mol. The van der Waals surface area contributed by atoms with E-state index in [1.54, 1.807) is 42.5 Å². The minimum atomic E-state index is -0.371. The first-order valence-corrected chi connectivity index (χ1v) is 7.83. The molecule has 1 N–H and O–H groups in total. The Bertz CT molecular complexity index is 889. The van der Waals surface area contributed by atoms with Crippen LogP contribution < -0.4 is 10.1 Å². The molecule has 0 aliphatic heterocycles. The van der Waals surface area contributed by atoms with E-state index in [0.29, 0.717) is 27.2 Å². The van der Waals surface area contributed by atoms with Crippen LogP contribution in [0.25, 0.3) is 11.3 Å². The van der Waals surface area contributed by atoms with E-state index in [1.165, 1.54) is 7.11 Å². The molecule has 4 nitrogen and oxygen atoms in total. The zero-order chi connectivity index (χ0) is 17.1. The van der Waals surface area contributed by atoms with Crippen molar-refractivity contribution < 1.29 is 13.9 Å². The number of carbonyl (C=O) groups is 1. The fraction of sp³-hybridized carbons (Fsp3) is 0.0556. The van der Waals surface area contributed by atoms with E-state index in [1.807, 2.05) is 12.1 Å². The lowest BCUT2D eigenvalue weighted by atomic mass is 10.2. The van der Waals surface area contributed by atoms with E-state index < -0.39 is 0 Å². The molecule has 0 aliphatic carbocycles. The largest absolute Gasteiger partial charge is 0.495 e. The Morgan fingerprint density at radius 1 is 1.08 bits per heavy atom. The van der Waals surface area contributed by atoms with Gasteiger partial charge in [-0.1, -0.05) is 35.3 Å². The molecule has 0 radical (unpaired) electrons. The fourth-order valence-electron chi connectivity index (χ4n) is 2.19. The summed E-state index contributed by atoms with van der Waals surface area (Å²) in [6.07, 6.45) is 0. The van der Waals surface area contributed by atoms with Crippen molar-refractivity contribution in [1.29, 1.82) is 0 Å². The van der Waals surface area contributed by atoms with Crippen LogP contribution in [-0.4, -0.2) is 13.0 Å². The van der Waals surface area contributed by atoms with E-state index >= 15 is 0 Å². The van der Waals surface area contributed by atoms with Crippen molar-refractivity contribution >= 4 is 34.8 Å². The summed E-state index contributed by atoms with van der Waals surface area (Å²) in [6, 6.07) is 15.5. The number of carbonyl (C=O) groups excluding carboxylic acids is 1. The molecule has 0 saturated heterocycles. The van der Waals surface area contributed by atoms with Crippen LogP contribution in [0.3, 0.4) is 0 Å². The molecule has 0 unspecified atom stereocenters. The summed E-state index contributed by atoms with van der Waals surface area (Å²) < 4.78 is 10.7. The third kappa shape index (κ3) is 3.55. The zero-order valence-electron chi connectivity index (χ0n) is 12.7. The molecule has 3 aromatic rings. The van der Waals surface area contributed by atoms with Crippen LogP contribution >= 0.6 is 23.2 Å². The molecule has 1 heterocycles. The summed E-state index contributed by atoms with van der Waals surface area (Å²) in [5.41, 5.74) is 1.35. The average molecular weight is 362 g/mol. The molecule has 0 saturated carbocycles. The maximum atomic E-state index is 12.3. The average Bonchev–Trinajstić information content (AvgIpc) is 3.05. The van der Waals surface area contributed by atoms with Crippen molar-refractivity contribution in [1.82, 2.24) is 0 Å². The maximum absolute atomic E-state index is 12.3.